The number of benzene rings is 2. The van der Waals surface area contributed by atoms with Crippen molar-refractivity contribution in [2.75, 3.05) is 30.6 Å². The Balaban J connectivity index is 0.00000380. The van der Waals surface area contributed by atoms with Gasteiger partial charge in [-0.3, -0.25) is 14.4 Å². The van der Waals surface area contributed by atoms with Crippen molar-refractivity contribution in [3.05, 3.63) is 54.1 Å². The monoisotopic (exact) mass is 549 g/mol. The summed E-state index contributed by atoms with van der Waals surface area (Å²) in [6.07, 6.45) is 9.35. The lowest BCUT2D eigenvalue weighted by Crippen LogP contribution is -2.48. The van der Waals surface area contributed by atoms with Gasteiger partial charge >= 0.3 is 0 Å². The lowest BCUT2D eigenvalue weighted by molar-refractivity contribution is -0.133. The number of carbonyl (C=O) groups is 1. The van der Waals surface area contributed by atoms with Crippen molar-refractivity contribution in [3.63, 3.8) is 0 Å². The predicted molar refractivity (Wildman–Crippen MR) is 151 cm³/mol. The zero-order valence-corrected chi connectivity index (χ0v) is 23.5. The van der Waals surface area contributed by atoms with Gasteiger partial charge in [-0.2, -0.15) is 0 Å². The number of carbonyl (C=O) groups excluding carboxylic acids is 1. The predicted octanol–water partition coefficient (Wildman–Crippen LogP) is 5.57. The average Bonchev–Trinajstić information content (AvgIpc) is 2.86. The third-order valence-corrected chi connectivity index (χ3v) is 8.11. The molecule has 0 aromatic heterocycles. The molecule has 1 heterocycles. The average molecular weight is 550 g/mol. The summed E-state index contributed by atoms with van der Waals surface area (Å²) in [4.78, 5) is 15.3. The van der Waals surface area contributed by atoms with E-state index >= 15 is 0 Å². The van der Waals surface area contributed by atoms with Crippen LogP contribution in [-0.4, -0.2) is 45.1 Å². The zero-order valence-electron chi connectivity index (χ0n) is 21.9. The summed E-state index contributed by atoms with van der Waals surface area (Å²) >= 11 is 0. The quantitative estimate of drug-likeness (QED) is 0.427. The number of amides is 1. The molecule has 1 saturated heterocycles. The highest BCUT2D eigenvalue weighted by molar-refractivity contribution is 7.92. The van der Waals surface area contributed by atoms with Crippen LogP contribution in [0.15, 0.2) is 48.5 Å². The van der Waals surface area contributed by atoms with Crippen LogP contribution in [0.5, 0.6) is 11.5 Å². The van der Waals surface area contributed by atoms with E-state index in [9.17, 15) is 13.2 Å². The molecule has 9 heteroatoms. The molecule has 2 aliphatic rings. The third-order valence-electron chi connectivity index (χ3n) is 7.51. The molecule has 4 rings (SSSR count). The van der Waals surface area contributed by atoms with Gasteiger partial charge in [0.1, 0.15) is 11.5 Å². The van der Waals surface area contributed by atoms with Gasteiger partial charge in [-0.1, -0.05) is 38.3 Å². The van der Waals surface area contributed by atoms with E-state index in [1.807, 2.05) is 12.1 Å². The molecule has 0 bridgehead atoms. The van der Waals surface area contributed by atoms with E-state index in [0.29, 0.717) is 17.4 Å². The standard InChI is InChI=1S/C28H39N3O4S.ClH/c1-28(27(32)29-20-22-6-4-3-5-7-22)16-18-31(19-17-28)21-23-8-12-25(13-9-23)35-26-14-10-24(11-15-26)30-36(2,33)34;/h8-15,22,30H,3-7,16-21H2,1-2H3,(H,29,32);1H. The van der Waals surface area contributed by atoms with Crippen LogP contribution >= 0.6 is 12.4 Å². The van der Waals surface area contributed by atoms with Gasteiger partial charge < -0.3 is 10.1 Å². The van der Waals surface area contributed by atoms with Gasteiger partial charge in [-0.05, 0) is 86.7 Å². The first-order valence-corrected chi connectivity index (χ1v) is 14.9. The summed E-state index contributed by atoms with van der Waals surface area (Å²) < 4.78 is 31.0. The van der Waals surface area contributed by atoms with Gasteiger partial charge in [0.25, 0.3) is 0 Å². The van der Waals surface area contributed by atoms with Gasteiger partial charge in [0.2, 0.25) is 15.9 Å². The number of ether oxygens (including phenoxy) is 1. The Bertz CT molecular complexity index is 1110. The van der Waals surface area contributed by atoms with Crippen LogP contribution in [0, 0.1) is 11.3 Å². The van der Waals surface area contributed by atoms with Crippen LogP contribution in [0.4, 0.5) is 5.69 Å². The molecule has 1 amide bonds. The third kappa shape index (κ3) is 8.90. The Labute approximate surface area is 227 Å². The van der Waals surface area contributed by atoms with Gasteiger partial charge in [-0.15, -0.1) is 12.4 Å². The van der Waals surface area contributed by atoms with Gasteiger partial charge in [0.15, 0.2) is 0 Å². The molecule has 2 N–H and O–H groups in total. The summed E-state index contributed by atoms with van der Waals surface area (Å²) in [5, 5.41) is 3.26. The number of hydrogen-bond donors (Lipinski definition) is 2. The Hall–Kier alpha value is -2.29. The molecular weight excluding hydrogens is 510 g/mol. The van der Waals surface area contributed by atoms with Crippen molar-refractivity contribution in [1.29, 1.82) is 0 Å². The number of halogens is 1. The van der Waals surface area contributed by atoms with Crippen molar-refractivity contribution in [2.45, 2.75) is 58.4 Å². The maximum absolute atomic E-state index is 12.9. The molecule has 2 aromatic rings. The topological polar surface area (TPSA) is 87.7 Å². The molecule has 1 aliphatic heterocycles. The minimum absolute atomic E-state index is 0. The fourth-order valence-corrected chi connectivity index (χ4v) is 5.70. The lowest BCUT2D eigenvalue weighted by Gasteiger charge is -2.38. The summed E-state index contributed by atoms with van der Waals surface area (Å²) in [7, 11) is -3.30. The first kappa shape index (κ1) is 29.3. The summed E-state index contributed by atoms with van der Waals surface area (Å²) in [5.74, 6) is 2.26. The van der Waals surface area contributed by atoms with Crippen LogP contribution < -0.4 is 14.8 Å². The number of nitrogens with one attached hydrogen (secondary N) is 2. The largest absolute Gasteiger partial charge is 0.457 e. The number of likely N-dealkylation sites (tertiary alicyclic amines) is 1. The van der Waals surface area contributed by atoms with Crippen molar-refractivity contribution in [1.82, 2.24) is 10.2 Å². The Morgan fingerprint density at radius 1 is 0.973 bits per heavy atom. The molecule has 204 valence electrons. The number of anilines is 1. The summed E-state index contributed by atoms with van der Waals surface area (Å²) in [5.41, 5.74) is 1.44. The maximum atomic E-state index is 12.9. The van der Waals surface area contributed by atoms with Crippen LogP contribution in [0.3, 0.4) is 0 Å². The SMILES string of the molecule is CC1(C(=O)NCC2CCCCC2)CCN(Cc2ccc(Oc3ccc(NS(C)(=O)=O)cc3)cc2)CC1.Cl. The molecule has 0 spiro atoms. The van der Waals surface area contributed by atoms with Crippen LogP contribution in [0.25, 0.3) is 0 Å². The van der Waals surface area contributed by atoms with Gasteiger partial charge in [-0.25, -0.2) is 8.42 Å². The Kier molecular flexibility index (Phi) is 10.3. The number of rotatable bonds is 9. The first-order chi connectivity index (χ1) is 17.2. The van der Waals surface area contributed by atoms with Crippen molar-refractivity contribution >= 4 is 34.0 Å². The normalized spacial score (nSPS) is 18.4. The van der Waals surface area contributed by atoms with E-state index in [0.717, 1.165) is 51.0 Å². The van der Waals surface area contributed by atoms with E-state index in [2.05, 4.69) is 34.0 Å². The fourth-order valence-electron chi connectivity index (χ4n) is 5.14. The van der Waals surface area contributed by atoms with E-state index in [-0.39, 0.29) is 23.7 Å². The molecule has 0 atom stereocenters. The first-order valence-electron chi connectivity index (χ1n) is 13.0. The Morgan fingerprint density at radius 2 is 1.54 bits per heavy atom. The molecule has 2 fully saturated rings. The van der Waals surface area contributed by atoms with Crippen LogP contribution in [0.2, 0.25) is 0 Å². The smallest absolute Gasteiger partial charge is 0.229 e. The lowest BCUT2D eigenvalue weighted by atomic mass is 9.79. The second kappa shape index (κ2) is 13.0. The minimum atomic E-state index is -3.30. The minimum Gasteiger partial charge on any atom is -0.457 e. The van der Waals surface area contributed by atoms with Gasteiger partial charge in [0, 0.05) is 24.2 Å². The molecule has 2 aromatic carbocycles. The van der Waals surface area contributed by atoms with Crippen LogP contribution in [0.1, 0.15) is 57.4 Å². The number of sulfonamides is 1. The molecule has 0 unspecified atom stereocenters. The molecule has 0 radical (unpaired) electrons. The van der Waals surface area contributed by atoms with E-state index in [1.165, 1.54) is 37.7 Å². The summed E-state index contributed by atoms with van der Waals surface area (Å²) in [6, 6.07) is 14.8. The van der Waals surface area contributed by atoms with E-state index in [4.69, 9.17) is 4.74 Å². The molecule has 7 nitrogen and oxygen atoms in total. The molecule has 1 aliphatic carbocycles. The fraction of sp³-hybridized carbons (Fsp3) is 0.536. The van der Waals surface area contributed by atoms with Crippen molar-refractivity contribution < 1.29 is 17.9 Å². The van der Waals surface area contributed by atoms with Crippen molar-refractivity contribution in [3.8, 4) is 11.5 Å². The van der Waals surface area contributed by atoms with Gasteiger partial charge in [0.05, 0.1) is 6.26 Å². The highest BCUT2D eigenvalue weighted by atomic mass is 35.5. The maximum Gasteiger partial charge on any atom is 0.229 e. The number of nitrogens with zero attached hydrogens (tertiary/aromatic N) is 1. The Morgan fingerprint density at radius 3 is 2.11 bits per heavy atom. The molecule has 37 heavy (non-hydrogen) atoms. The second-order valence-corrected chi connectivity index (χ2v) is 12.4. The van der Waals surface area contributed by atoms with Crippen molar-refractivity contribution in [2.24, 2.45) is 11.3 Å². The molecule has 1 saturated carbocycles. The zero-order chi connectivity index (χ0) is 25.6. The number of hydrogen-bond acceptors (Lipinski definition) is 5. The second-order valence-electron chi connectivity index (χ2n) is 10.7. The highest BCUT2D eigenvalue weighted by Crippen LogP contribution is 2.32. The summed E-state index contributed by atoms with van der Waals surface area (Å²) in [6.45, 7) is 5.65. The van der Waals surface area contributed by atoms with E-state index < -0.39 is 10.0 Å². The highest BCUT2D eigenvalue weighted by Gasteiger charge is 2.37. The molecular formula is C28H40ClN3O4S. The van der Waals surface area contributed by atoms with Crippen LogP contribution in [-0.2, 0) is 21.4 Å². The van der Waals surface area contributed by atoms with E-state index in [1.54, 1.807) is 24.3 Å². The number of piperidine rings is 1.